The SMILES string of the molecule is Cn1cc(C(=O)N2CCN(S(N)(=O)=O)CC2)c2ccccc21. The molecule has 2 aromatic rings. The number of aryl methyl sites for hydroxylation is 1. The number of fused-ring (bicyclic) bond motifs is 1. The monoisotopic (exact) mass is 322 g/mol. The normalized spacial score (nSPS) is 17.1. The van der Waals surface area contributed by atoms with E-state index in [0.29, 0.717) is 18.7 Å². The largest absolute Gasteiger partial charge is 0.350 e. The average Bonchev–Trinajstić information content (AvgIpc) is 2.83. The van der Waals surface area contributed by atoms with E-state index in [1.807, 2.05) is 42.1 Å². The maximum absolute atomic E-state index is 12.7. The van der Waals surface area contributed by atoms with Gasteiger partial charge in [-0.3, -0.25) is 4.79 Å². The van der Waals surface area contributed by atoms with Gasteiger partial charge in [0.2, 0.25) is 0 Å². The molecule has 118 valence electrons. The highest BCUT2D eigenvalue weighted by molar-refractivity contribution is 7.86. The predicted octanol–water partition coefficient (Wildman–Crippen LogP) is 0.140. The zero-order chi connectivity index (χ0) is 15.9. The van der Waals surface area contributed by atoms with E-state index in [0.717, 1.165) is 10.9 Å². The molecular weight excluding hydrogens is 304 g/mol. The van der Waals surface area contributed by atoms with E-state index >= 15 is 0 Å². The number of hydrogen-bond acceptors (Lipinski definition) is 3. The van der Waals surface area contributed by atoms with Gasteiger partial charge in [0.15, 0.2) is 0 Å². The molecule has 0 radical (unpaired) electrons. The van der Waals surface area contributed by atoms with E-state index in [-0.39, 0.29) is 19.0 Å². The van der Waals surface area contributed by atoms with Crippen molar-refractivity contribution in [2.75, 3.05) is 26.2 Å². The van der Waals surface area contributed by atoms with Gasteiger partial charge in [0.05, 0.1) is 5.56 Å². The molecule has 3 rings (SSSR count). The maximum Gasteiger partial charge on any atom is 0.277 e. The summed E-state index contributed by atoms with van der Waals surface area (Å²) in [6.07, 6.45) is 1.82. The van der Waals surface area contributed by atoms with Crippen LogP contribution in [0.25, 0.3) is 10.9 Å². The van der Waals surface area contributed by atoms with Crippen LogP contribution in [-0.2, 0) is 17.3 Å². The summed E-state index contributed by atoms with van der Waals surface area (Å²) in [6.45, 7) is 1.15. The maximum atomic E-state index is 12.7. The third-order valence-electron chi connectivity index (χ3n) is 4.01. The first kappa shape index (κ1) is 15.0. The molecule has 2 heterocycles. The summed E-state index contributed by atoms with van der Waals surface area (Å²) in [5, 5.41) is 6.02. The van der Waals surface area contributed by atoms with Crippen LogP contribution in [0, 0.1) is 0 Å². The number of amides is 1. The van der Waals surface area contributed by atoms with Crippen LogP contribution in [-0.4, -0.2) is 54.3 Å². The third kappa shape index (κ3) is 2.60. The first-order valence-electron chi connectivity index (χ1n) is 6.99. The molecule has 7 nitrogen and oxygen atoms in total. The van der Waals surface area contributed by atoms with Gasteiger partial charge in [-0.2, -0.15) is 12.7 Å². The average molecular weight is 322 g/mol. The highest BCUT2D eigenvalue weighted by Crippen LogP contribution is 2.22. The minimum absolute atomic E-state index is 0.0779. The minimum atomic E-state index is -3.68. The van der Waals surface area contributed by atoms with Crippen molar-refractivity contribution < 1.29 is 13.2 Å². The van der Waals surface area contributed by atoms with Gasteiger partial charge in [-0.1, -0.05) is 18.2 Å². The van der Waals surface area contributed by atoms with E-state index in [1.54, 1.807) is 4.90 Å². The van der Waals surface area contributed by atoms with Crippen LogP contribution in [0.3, 0.4) is 0 Å². The van der Waals surface area contributed by atoms with Gasteiger partial charge in [0.1, 0.15) is 0 Å². The highest BCUT2D eigenvalue weighted by Gasteiger charge is 2.28. The number of hydrogen-bond donors (Lipinski definition) is 1. The summed E-state index contributed by atoms with van der Waals surface area (Å²) in [6, 6.07) is 7.72. The molecule has 22 heavy (non-hydrogen) atoms. The Balaban J connectivity index is 1.83. The van der Waals surface area contributed by atoms with Crippen molar-refractivity contribution in [3.05, 3.63) is 36.0 Å². The Bertz CT molecular complexity index is 820. The molecule has 1 amide bonds. The van der Waals surface area contributed by atoms with Crippen LogP contribution in [0.1, 0.15) is 10.4 Å². The van der Waals surface area contributed by atoms with E-state index in [2.05, 4.69) is 0 Å². The fourth-order valence-electron chi connectivity index (χ4n) is 2.83. The number of rotatable bonds is 2. The van der Waals surface area contributed by atoms with E-state index < -0.39 is 10.2 Å². The Labute approximate surface area is 129 Å². The van der Waals surface area contributed by atoms with Crippen LogP contribution in [0.2, 0.25) is 0 Å². The van der Waals surface area contributed by atoms with Crippen molar-refractivity contribution in [3.8, 4) is 0 Å². The van der Waals surface area contributed by atoms with Crippen molar-refractivity contribution in [2.24, 2.45) is 12.2 Å². The second-order valence-corrected chi connectivity index (χ2v) is 6.95. The Morgan fingerprint density at radius 2 is 1.77 bits per heavy atom. The van der Waals surface area contributed by atoms with Gasteiger partial charge in [-0.15, -0.1) is 0 Å². The second-order valence-electron chi connectivity index (χ2n) is 5.41. The lowest BCUT2D eigenvalue weighted by molar-refractivity contribution is 0.0699. The fraction of sp³-hybridized carbons (Fsp3) is 0.357. The molecule has 2 N–H and O–H groups in total. The third-order valence-corrected chi connectivity index (χ3v) is 5.10. The van der Waals surface area contributed by atoms with Crippen LogP contribution >= 0.6 is 0 Å². The topological polar surface area (TPSA) is 88.6 Å². The standard InChI is InChI=1S/C14H18N4O3S/c1-16-10-12(11-4-2-3-5-13(11)16)14(19)17-6-8-18(9-7-17)22(15,20)21/h2-5,10H,6-9H2,1H3,(H2,15,20,21). The molecule has 1 aliphatic heterocycles. The first-order valence-corrected chi connectivity index (χ1v) is 8.49. The zero-order valence-corrected chi connectivity index (χ0v) is 13.1. The Kier molecular flexibility index (Phi) is 3.67. The zero-order valence-electron chi connectivity index (χ0n) is 12.3. The molecule has 0 spiro atoms. The molecule has 0 aliphatic carbocycles. The number of aromatic nitrogens is 1. The molecule has 1 aliphatic rings. The summed E-state index contributed by atoms with van der Waals surface area (Å²) in [5.74, 6) is -0.0779. The molecule has 1 aromatic carbocycles. The summed E-state index contributed by atoms with van der Waals surface area (Å²) < 4.78 is 25.7. The molecule has 1 saturated heterocycles. The Morgan fingerprint density at radius 1 is 1.14 bits per heavy atom. The second kappa shape index (κ2) is 5.38. The molecule has 1 fully saturated rings. The lowest BCUT2D eigenvalue weighted by atomic mass is 10.1. The van der Waals surface area contributed by atoms with E-state index in [4.69, 9.17) is 5.14 Å². The van der Waals surface area contributed by atoms with Crippen LogP contribution in [0.4, 0.5) is 0 Å². The van der Waals surface area contributed by atoms with Gasteiger partial charge in [-0.25, -0.2) is 5.14 Å². The van der Waals surface area contributed by atoms with Gasteiger partial charge in [0, 0.05) is 50.3 Å². The molecule has 1 aromatic heterocycles. The number of piperazine rings is 1. The minimum Gasteiger partial charge on any atom is -0.350 e. The number of nitrogens with zero attached hydrogens (tertiary/aromatic N) is 3. The first-order chi connectivity index (χ1) is 10.4. The smallest absolute Gasteiger partial charge is 0.277 e. The molecule has 0 atom stereocenters. The van der Waals surface area contributed by atoms with Gasteiger partial charge >= 0.3 is 0 Å². The van der Waals surface area contributed by atoms with Gasteiger partial charge in [0.25, 0.3) is 16.1 Å². The fourth-order valence-corrected chi connectivity index (χ4v) is 3.50. The van der Waals surface area contributed by atoms with Crippen molar-refractivity contribution in [2.45, 2.75) is 0 Å². The quantitative estimate of drug-likeness (QED) is 0.853. The molecule has 0 saturated carbocycles. The van der Waals surface area contributed by atoms with E-state index in [1.165, 1.54) is 4.31 Å². The number of carbonyl (C=O) groups is 1. The van der Waals surface area contributed by atoms with Crippen LogP contribution in [0.15, 0.2) is 30.5 Å². The molecule has 8 heteroatoms. The number of carbonyl (C=O) groups excluding carboxylic acids is 1. The van der Waals surface area contributed by atoms with Crippen LogP contribution < -0.4 is 5.14 Å². The number of nitrogens with two attached hydrogens (primary N) is 1. The molecule has 0 unspecified atom stereocenters. The van der Waals surface area contributed by atoms with Crippen molar-refractivity contribution >= 4 is 27.0 Å². The highest BCUT2D eigenvalue weighted by atomic mass is 32.2. The van der Waals surface area contributed by atoms with Crippen molar-refractivity contribution in [1.29, 1.82) is 0 Å². The molecular formula is C14H18N4O3S. The Morgan fingerprint density at radius 3 is 2.41 bits per heavy atom. The number of para-hydroxylation sites is 1. The Hall–Kier alpha value is -1.90. The van der Waals surface area contributed by atoms with Gasteiger partial charge < -0.3 is 9.47 Å². The summed E-state index contributed by atoms with van der Waals surface area (Å²) in [7, 11) is -1.78. The molecule has 0 bridgehead atoms. The van der Waals surface area contributed by atoms with Crippen molar-refractivity contribution in [1.82, 2.24) is 13.8 Å². The van der Waals surface area contributed by atoms with Crippen LogP contribution in [0.5, 0.6) is 0 Å². The lowest BCUT2D eigenvalue weighted by Gasteiger charge is -2.32. The van der Waals surface area contributed by atoms with E-state index in [9.17, 15) is 13.2 Å². The summed E-state index contributed by atoms with van der Waals surface area (Å²) in [5.41, 5.74) is 1.64. The number of benzene rings is 1. The van der Waals surface area contributed by atoms with Crippen molar-refractivity contribution in [3.63, 3.8) is 0 Å². The summed E-state index contributed by atoms with van der Waals surface area (Å²) >= 11 is 0. The lowest BCUT2D eigenvalue weighted by Crippen LogP contribution is -2.52. The summed E-state index contributed by atoms with van der Waals surface area (Å²) in [4.78, 5) is 14.4. The van der Waals surface area contributed by atoms with Gasteiger partial charge in [-0.05, 0) is 6.07 Å². The predicted molar refractivity (Wildman–Crippen MR) is 83.5 cm³/mol.